The first-order chi connectivity index (χ1) is 13.1. The maximum atomic E-state index is 12.6. The number of hydrogen-bond acceptors (Lipinski definition) is 6. The van der Waals surface area contributed by atoms with Gasteiger partial charge in [-0.3, -0.25) is 9.59 Å². The molecule has 3 rings (SSSR count). The summed E-state index contributed by atoms with van der Waals surface area (Å²) in [5, 5.41) is 10.9. The van der Waals surface area contributed by atoms with Crippen molar-refractivity contribution >= 4 is 11.9 Å². The number of carbonyl (C=O) groups excluding carboxylic acids is 2. The third-order valence-electron chi connectivity index (χ3n) is 4.71. The van der Waals surface area contributed by atoms with Gasteiger partial charge in [0.05, 0.1) is 19.8 Å². The zero-order chi connectivity index (χ0) is 19.4. The molecule has 1 aliphatic rings. The summed E-state index contributed by atoms with van der Waals surface area (Å²) >= 11 is 0. The lowest BCUT2D eigenvalue weighted by atomic mass is 9.81. The van der Waals surface area contributed by atoms with Crippen LogP contribution in [-0.2, 0) is 19.1 Å². The van der Waals surface area contributed by atoms with Gasteiger partial charge in [-0.25, -0.2) is 0 Å². The number of hydrogen-bond donors (Lipinski definition) is 1. The van der Waals surface area contributed by atoms with Crippen molar-refractivity contribution in [3.63, 3.8) is 0 Å². The van der Waals surface area contributed by atoms with Gasteiger partial charge in [0.1, 0.15) is 23.7 Å². The Balaban J connectivity index is 1.95. The first-order valence-corrected chi connectivity index (χ1v) is 8.81. The summed E-state index contributed by atoms with van der Waals surface area (Å²) in [6, 6.07) is 15.7. The number of rotatable bonds is 6. The number of ether oxygens (including phenoxy) is 3. The second-order valence-electron chi connectivity index (χ2n) is 6.29. The summed E-state index contributed by atoms with van der Waals surface area (Å²) in [5.74, 6) is -2.54. The molecule has 0 bridgehead atoms. The monoisotopic (exact) mass is 370 g/mol. The Morgan fingerprint density at radius 2 is 1.81 bits per heavy atom. The van der Waals surface area contributed by atoms with E-state index in [4.69, 9.17) is 14.2 Å². The van der Waals surface area contributed by atoms with Crippen molar-refractivity contribution in [3.8, 4) is 5.75 Å². The molecule has 4 atom stereocenters. The predicted molar refractivity (Wildman–Crippen MR) is 96.8 cm³/mol. The molecule has 1 saturated heterocycles. The Morgan fingerprint density at radius 3 is 2.41 bits per heavy atom. The molecule has 1 heterocycles. The fraction of sp³-hybridized carbons (Fsp3) is 0.333. The molecule has 6 heteroatoms. The van der Waals surface area contributed by atoms with E-state index in [0.717, 1.165) is 0 Å². The molecule has 1 aliphatic heterocycles. The number of aliphatic hydroxyl groups excluding tert-OH is 1. The van der Waals surface area contributed by atoms with Crippen LogP contribution < -0.4 is 4.74 Å². The topological polar surface area (TPSA) is 82.1 Å². The van der Waals surface area contributed by atoms with Gasteiger partial charge in [-0.2, -0.15) is 0 Å². The maximum absolute atomic E-state index is 12.6. The van der Waals surface area contributed by atoms with Gasteiger partial charge in [0, 0.05) is 0 Å². The summed E-state index contributed by atoms with van der Waals surface area (Å²) in [6.07, 6.45) is -2.00. The predicted octanol–water partition coefficient (Wildman–Crippen LogP) is 2.82. The van der Waals surface area contributed by atoms with E-state index in [9.17, 15) is 14.7 Å². The quantitative estimate of drug-likeness (QED) is 0.788. The molecular formula is C21H22O6. The molecule has 2 aromatic rings. The van der Waals surface area contributed by atoms with Crippen molar-refractivity contribution < 1.29 is 28.9 Å². The van der Waals surface area contributed by atoms with E-state index in [-0.39, 0.29) is 6.61 Å². The average Bonchev–Trinajstić information content (AvgIpc) is 3.05. The van der Waals surface area contributed by atoms with E-state index in [1.54, 1.807) is 62.6 Å². The molecule has 1 N–H and O–H groups in total. The zero-order valence-electron chi connectivity index (χ0n) is 15.2. The van der Waals surface area contributed by atoms with Crippen LogP contribution in [0.3, 0.4) is 0 Å². The summed E-state index contributed by atoms with van der Waals surface area (Å²) < 4.78 is 15.8. The number of carbonyl (C=O) groups is 2. The van der Waals surface area contributed by atoms with Gasteiger partial charge in [-0.05, 0) is 30.2 Å². The van der Waals surface area contributed by atoms with E-state index in [1.165, 1.54) is 0 Å². The van der Waals surface area contributed by atoms with E-state index in [0.29, 0.717) is 16.9 Å². The molecule has 6 nitrogen and oxygen atoms in total. The van der Waals surface area contributed by atoms with Crippen LogP contribution in [0.25, 0.3) is 0 Å². The SMILES string of the molecule is CCOC(=O)[C@H]1[C@H]([C@@H](O)c2ccc(OC)cc2)C(=O)O[C@H]1c1ccccc1. The molecule has 0 spiro atoms. The molecule has 0 amide bonds. The molecule has 0 aliphatic carbocycles. The van der Waals surface area contributed by atoms with E-state index >= 15 is 0 Å². The molecule has 0 radical (unpaired) electrons. The van der Waals surface area contributed by atoms with Gasteiger partial charge in [0.2, 0.25) is 0 Å². The highest BCUT2D eigenvalue weighted by Gasteiger charge is 2.53. The molecule has 0 unspecified atom stereocenters. The molecule has 27 heavy (non-hydrogen) atoms. The number of esters is 2. The minimum atomic E-state index is -1.20. The van der Waals surface area contributed by atoms with E-state index < -0.39 is 36.0 Å². The first kappa shape index (κ1) is 18.9. The van der Waals surface area contributed by atoms with Crippen LogP contribution in [0.4, 0.5) is 0 Å². The standard InChI is InChI=1S/C21H22O6/c1-3-26-20(23)17-16(18(22)13-9-11-15(25-2)12-10-13)21(24)27-19(17)14-7-5-4-6-8-14/h4-12,16-19,22H,3H2,1-2H3/t16-,17+,18+,19+/m1/s1. The van der Waals surface area contributed by atoms with Crippen LogP contribution in [-0.4, -0.2) is 30.8 Å². The highest BCUT2D eigenvalue weighted by Crippen LogP contribution is 2.45. The van der Waals surface area contributed by atoms with Gasteiger partial charge in [0.25, 0.3) is 0 Å². The number of methoxy groups -OCH3 is 1. The third-order valence-corrected chi connectivity index (χ3v) is 4.71. The zero-order valence-corrected chi connectivity index (χ0v) is 15.2. The summed E-state index contributed by atoms with van der Waals surface area (Å²) in [6.45, 7) is 1.87. The fourth-order valence-corrected chi connectivity index (χ4v) is 3.37. The van der Waals surface area contributed by atoms with E-state index in [1.807, 2.05) is 6.07 Å². The highest BCUT2D eigenvalue weighted by molar-refractivity contribution is 5.86. The average molecular weight is 370 g/mol. The Morgan fingerprint density at radius 1 is 1.15 bits per heavy atom. The van der Waals surface area contributed by atoms with E-state index in [2.05, 4.69) is 0 Å². The van der Waals surface area contributed by atoms with Crippen LogP contribution >= 0.6 is 0 Å². The number of cyclic esters (lactones) is 1. The Bertz CT molecular complexity index is 786. The van der Waals surface area contributed by atoms with Gasteiger partial charge in [-0.15, -0.1) is 0 Å². The lowest BCUT2D eigenvalue weighted by Gasteiger charge is -2.23. The summed E-state index contributed by atoms with van der Waals surface area (Å²) in [7, 11) is 1.54. The molecule has 142 valence electrons. The Hall–Kier alpha value is -2.86. The second kappa shape index (κ2) is 8.22. The van der Waals surface area contributed by atoms with Crippen molar-refractivity contribution in [2.24, 2.45) is 11.8 Å². The van der Waals surface area contributed by atoms with Crippen molar-refractivity contribution in [1.29, 1.82) is 0 Å². The lowest BCUT2D eigenvalue weighted by molar-refractivity contribution is -0.153. The summed E-state index contributed by atoms with van der Waals surface area (Å²) in [5.41, 5.74) is 1.19. The summed E-state index contributed by atoms with van der Waals surface area (Å²) in [4.78, 5) is 25.2. The van der Waals surface area contributed by atoms with Crippen LogP contribution in [0.2, 0.25) is 0 Å². The minimum Gasteiger partial charge on any atom is -0.497 e. The van der Waals surface area contributed by atoms with Gasteiger partial charge < -0.3 is 19.3 Å². The first-order valence-electron chi connectivity index (χ1n) is 8.81. The number of benzene rings is 2. The number of aliphatic hydroxyl groups is 1. The smallest absolute Gasteiger partial charge is 0.314 e. The molecule has 2 aromatic carbocycles. The van der Waals surface area contributed by atoms with Crippen LogP contribution in [0, 0.1) is 11.8 Å². The van der Waals surface area contributed by atoms with Crippen LogP contribution in [0.1, 0.15) is 30.3 Å². The van der Waals surface area contributed by atoms with Crippen molar-refractivity contribution in [2.75, 3.05) is 13.7 Å². The van der Waals surface area contributed by atoms with Crippen LogP contribution in [0.5, 0.6) is 5.75 Å². The molecule has 1 fully saturated rings. The molecule has 0 saturated carbocycles. The Kier molecular flexibility index (Phi) is 5.76. The van der Waals surface area contributed by atoms with Crippen molar-refractivity contribution in [3.05, 3.63) is 65.7 Å². The molecular weight excluding hydrogens is 348 g/mol. The van der Waals surface area contributed by atoms with Gasteiger partial charge >= 0.3 is 11.9 Å². The fourth-order valence-electron chi connectivity index (χ4n) is 3.37. The van der Waals surface area contributed by atoms with Crippen molar-refractivity contribution in [2.45, 2.75) is 19.1 Å². The second-order valence-corrected chi connectivity index (χ2v) is 6.29. The van der Waals surface area contributed by atoms with Gasteiger partial charge in [-0.1, -0.05) is 42.5 Å². The normalized spacial score (nSPS) is 22.8. The third kappa shape index (κ3) is 3.80. The van der Waals surface area contributed by atoms with Gasteiger partial charge in [0.15, 0.2) is 0 Å². The highest BCUT2D eigenvalue weighted by atomic mass is 16.6. The maximum Gasteiger partial charge on any atom is 0.314 e. The van der Waals surface area contributed by atoms with Crippen molar-refractivity contribution in [1.82, 2.24) is 0 Å². The van der Waals surface area contributed by atoms with Crippen LogP contribution in [0.15, 0.2) is 54.6 Å². The Labute approximate surface area is 157 Å². The minimum absolute atomic E-state index is 0.177. The molecule has 0 aromatic heterocycles. The lowest BCUT2D eigenvalue weighted by Crippen LogP contribution is -2.31. The largest absolute Gasteiger partial charge is 0.497 e.